The average molecular weight is 280 g/mol. The molecule has 21 heavy (non-hydrogen) atoms. The van der Waals surface area contributed by atoms with Gasteiger partial charge in [0, 0.05) is 42.1 Å². The number of rotatable bonds is 4. The molecule has 0 aliphatic carbocycles. The maximum absolute atomic E-state index is 8.78. The van der Waals surface area contributed by atoms with Gasteiger partial charge in [0.1, 0.15) is 0 Å². The van der Waals surface area contributed by atoms with Crippen molar-refractivity contribution in [1.82, 2.24) is 9.55 Å². The second-order valence-electron chi connectivity index (χ2n) is 4.84. The molecule has 0 aliphatic heterocycles. The Morgan fingerprint density at radius 1 is 1.24 bits per heavy atom. The summed E-state index contributed by atoms with van der Waals surface area (Å²) in [7, 11) is 0. The molecule has 3 aromatic rings. The number of pyridine rings is 1. The van der Waals surface area contributed by atoms with Crippen LogP contribution in [-0.2, 0) is 13.0 Å². The molecule has 0 unspecified atom stereocenters. The molecule has 0 saturated carbocycles. The minimum absolute atomic E-state index is 0.120. The monoisotopic (exact) mass is 280 g/mol. The van der Waals surface area contributed by atoms with Crippen LogP contribution in [0.2, 0.25) is 0 Å². The van der Waals surface area contributed by atoms with Crippen LogP contribution in [0.1, 0.15) is 11.3 Å². The third kappa shape index (κ3) is 2.72. The van der Waals surface area contributed by atoms with E-state index in [1.165, 1.54) is 0 Å². The highest BCUT2D eigenvalue weighted by molar-refractivity contribution is 6.00. The van der Waals surface area contributed by atoms with Gasteiger partial charge in [-0.3, -0.25) is 4.98 Å². The maximum atomic E-state index is 8.78. The van der Waals surface area contributed by atoms with E-state index in [4.69, 9.17) is 10.9 Å². The largest absolute Gasteiger partial charge is 0.409 e. The van der Waals surface area contributed by atoms with Gasteiger partial charge < -0.3 is 15.5 Å². The first-order valence-electron chi connectivity index (χ1n) is 6.74. The van der Waals surface area contributed by atoms with E-state index in [0.29, 0.717) is 5.56 Å². The minimum atomic E-state index is 0.120. The van der Waals surface area contributed by atoms with Crippen molar-refractivity contribution in [1.29, 1.82) is 0 Å². The molecule has 1 aromatic carbocycles. The minimum Gasteiger partial charge on any atom is -0.409 e. The summed E-state index contributed by atoms with van der Waals surface area (Å²) in [6.45, 7) is 0.833. The fraction of sp³-hybridized carbons (Fsp3) is 0.125. The van der Waals surface area contributed by atoms with Crippen LogP contribution in [-0.4, -0.2) is 20.6 Å². The van der Waals surface area contributed by atoms with Gasteiger partial charge in [-0.1, -0.05) is 23.4 Å². The Kier molecular flexibility index (Phi) is 3.55. The summed E-state index contributed by atoms with van der Waals surface area (Å²) in [5, 5.41) is 13.0. The highest BCUT2D eigenvalue weighted by Gasteiger charge is 2.05. The third-order valence-corrected chi connectivity index (χ3v) is 3.51. The van der Waals surface area contributed by atoms with Crippen molar-refractivity contribution in [3.05, 3.63) is 66.1 Å². The fourth-order valence-corrected chi connectivity index (χ4v) is 2.38. The number of hydrogen-bond acceptors (Lipinski definition) is 3. The quantitative estimate of drug-likeness (QED) is 0.333. The van der Waals surface area contributed by atoms with Gasteiger partial charge in [-0.05, 0) is 29.7 Å². The third-order valence-electron chi connectivity index (χ3n) is 3.51. The molecule has 5 heteroatoms. The van der Waals surface area contributed by atoms with Gasteiger partial charge in [-0.2, -0.15) is 0 Å². The molecule has 3 rings (SSSR count). The second-order valence-corrected chi connectivity index (χ2v) is 4.84. The van der Waals surface area contributed by atoms with Crippen LogP contribution >= 0.6 is 0 Å². The Labute approximate surface area is 122 Å². The molecule has 0 amide bonds. The summed E-state index contributed by atoms with van der Waals surface area (Å²) >= 11 is 0. The lowest BCUT2D eigenvalue weighted by Gasteiger charge is -2.06. The molecule has 0 fully saturated rings. The number of oxime groups is 1. The van der Waals surface area contributed by atoms with Crippen molar-refractivity contribution < 1.29 is 5.21 Å². The second kappa shape index (κ2) is 5.66. The van der Waals surface area contributed by atoms with Gasteiger partial charge in [0.15, 0.2) is 5.84 Å². The molecular formula is C16H16N4O. The Hall–Kier alpha value is -2.82. The summed E-state index contributed by atoms with van der Waals surface area (Å²) in [4.78, 5) is 4.33. The van der Waals surface area contributed by atoms with Crippen LogP contribution in [0.15, 0.2) is 60.0 Å². The first-order chi connectivity index (χ1) is 10.3. The van der Waals surface area contributed by atoms with Crippen LogP contribution < -0.4 is 5.73 Å². The predicted octanol–water partition coefficient (Wildman–Crippen LogP) is 2.37. The van der Waals surface area contributed by atoms with Crippen molar-refractivity contribution in [2.24, 2.45) is 10.9 Å². The lowest BCUT2D eigenvalue weighted by atomic mass is 10.1. The summed E-state index contributed by atoms with van der Waals surface area (Å²) in [6, 6.07) is 13.7. The zero-order chi connectivity index (χ0) is 14.7. The van der Waals surface area contributed by atoms with E-state index in [1.54, 1.807) is 6.20 Å². The number of aryl methyl sites for hydroxylation is 2. The molecule has 3 N–H and O–H groups in total. The van der Waals surface area contributed by atoms with Crippen molar-refractivity contribution in [3.8, 4) is 0 Å². The molecule has 106 valence electrons. The van der Waals surface area contributed by atoms with E-state index in [1.807, 2.05) is 42.6 Å². The lowest BCUT2D eigenvalue weighted by molar-refractivity contribution is 0.318. The normalized spacial score (nSPS) is 11.9. The van der Waals surface area contributed by atoms with E-state index >= 15 is 0 Å². The number of hydrogen-bond donors (Lipinski definition) is 2. The van der Waals surface area contributed by atoms with Crippen molar-refractivity contribution in [2.45, 2.75) is 13.0 Å². The van der Waals surface area contributed by atoms with Crippen molar-refractivity contribution in [3.63, 3.8) is 0 Å². The molecular weight excluding hydrogens is 264 g/mol. The maximum Gasteiger partial charge on any atom is 0.170 e. The topological polar surface area (TPSA) is 76.4 Å². The van der Waals surface area contributed by atoms with Crippen LogP contribution in [0.25, 0.3) is 10.9 Å². The Morgan fingerprint density at radius 3 is 2.90 bits per heavy atom. The van der Waals surface area contributed by atoms with Crippen LogP contribution in [0.5, 0.6) is 0 Å². The number of nitrogens with zero attached hydrogens (tertiary/aromatic N) is 3. The standard InChI is InChI=1S/C16H16N4O/c17-16(19-21)13-5-4-12-6-9-20(15(12)11-13)10-7-14-3-1-2-8-18-14/h1-6,8-9,11,21H,7,10H2,(H2,17,19). The molecule has 2 heterocycles. The van der Waals surface area contributed by atoms with E-state index in [9.17, 15) is 0 Å². The molecule has 0 radical (unpaired) electrons. The van der Waals surface area contributed by atoms with Gasteiger partial charge in [-0.15, -0.1) is 0 Å². The van der Waals surface area contributed by atoms with E-state index in [0.717, 1.165) is 29.6 Å². The number of nitrogens with two attached hydrogens (primary N) is 1. The Bertz CT molecular complexity index is 777. The molecule has 2 aromatic heterocycles. The highest BCUT2D eigenvalue weighted by Crippen LogP contribution is 2.18. The van der Waals surface area contributed by atoms with Gasteiger partial charge in [0.2, 0.25) is 0 Å². The first kappa shape index (κ1) is 13.2. The number of aromatic nitrogens is 2. The van der Waals surface area contributed by atoms with Gasteiger partial charge in [0.05, 0.1) is 0 Å². The Morgan fingerprint density at radius 2 is 2.14 bits per heavy atom. The number of fused-ring (bicyclic) bond motifs is 1. The number of benzene rings is 1. The smallest absolute Gasteiger partial charge is 0.170 e. The molecule has 5 nitrogen and oxygen atoms in total. The van der Waals surface area contributed by atoms with E-state index in [-0.39, 0.29) is 5.84 Å². The van der Waals surface area contributed by atoms with Crippen molar-refractivity contribution >= 4 is 16.7 Å². The SMILES string of the molecule is N/C(=N/O)c1ccc2ccn(CCc3ccccn3)c2c1. The Balaban J connectivity index is 1.88. The van der Waals surface area contributed by atoms with E-state index < -0.39 is 0 Å². The molecule has 0 atom stereocenters. The summed E-state index contributed by atoms with van der Waals surface area (Å²) in [6.07, 6.45) is 4.71. The number of amidine groups is 1. The van der Waals surface area contributed by atoms with E-state index in [2.05, 4.69) is 20.8 Å². The predicted molar refractivity (Wildman–Crippen MR) is 82.4 cm³/mol. The zero-order valence-electron chi connectivity index (χ0n) is 11.5. The summed E-state index contributed by atoms with van der Waals surface area (Å²) in [5.41, 5.74) is 8.49. The lowest BCUT2D eigenvalue weighted by Crippen LogP contribution is -2.13. The van der Waals surface area contributed by atoms with Crippen molar-refractivity contribution in [2.75, 3.05) is 0 Å². The molecule has 0 bridgehead atoms. The first-order valence-corrected chi connectivity index (χ1v) is 6.74. The van der Waals surface area contributed by atoms with Gasteiger partial charge in [0.25, 0.3) is 0 Å². The molecule has 0 aliphatic rings. The van der Waals surface area contributed by atoms with Gasteiger partial charge >= 0.3 is 0 Å². The average Bonchev–Trinajstić information content (AvgIpc) is 2.95. The zero-order valence-corrected chi connectivity index (χ0v) is 11.5. The van der Waals surface area contributed by atoms with Crippen LogP contribution in [0, 0.1) is 0 Å². The highest BCUT2D eigenvalue weighted by atomic mass is 16.4. The summed E-state index contributed by atoms with van der Waals surface area (Å²) in [5.74, 6) is 0.120. The van der Waals surface area contributed by atoms with Gasteiger partial charge in [-0.25, -0.2) is 0 Å². The van der Waals surface area contributed by atoms with Crippen LogP contribution in [0.3, 0.4) is 0 Å². The molecule has 0 spiro atoms. The van der Waals surface area contributed by atoms with Crippen LogP contribution in [0.4, 0.5) is 0 Å². The molecule has 0 saturated heterocycles. The fourth-order valence-electron chi connectivity index (χ4n) is 2.38. The summed E-state index contributed by atoms with van der Waals surface area (Å²) < 4.78 is 2.15.